The van der Waals surface area contributed by atoms with Crippen molar-refractivity contribution in [1.82, 2.24) is 15.2 Å². The summed E-state index contributed by atoms with van der Waals surface area (Å²) in [4.78, 5) is 9.80. The molecule has 3 fully saturated rings. The van der Waals surface area contributed by atoms with Crippen molar-refractivity contribution in [3.8, 4) is 0 Å². The molecule has 8 heteroatoms. The van der Waals surface area contributed by atoms with E-state index in [0.29, 0.717) is 12.1 Å². The summed E-state index contributed by atoms with van der Waals surface area (Å²) < 4.78 is 6.78. The fraction of sp³-hybridized carbons (Fsp3) is 0.684. The molecule has 5 heterocycles. The number of ether oxygens (including phenoxy) is 1. The molecule has 2 aromatic heterocycles. The maximum atomic E-state index is 10.5. The Morgan fingerprint density at radius 1 is 1.33 bits per heavy atom. The van der Waals surface area contributed by atoms with Crippen LogP contribution < -0.4 is 9.80 Å². The fourth-order valence-electron chi connectivity index (χ4n) is 5.10. The van der Waals surface area contributed by atoms with Gasteiger partial charge in [0.1, 0.15) is 9.52 Å². The molecule has 0 aliphatic carbocycles. The number of hydrogen-bond acceptors (Lipinski definition) is 6. The number of H-pyrrole nitrogens is 1. The third kappa shape index (κ3) is 3.00. The van der Waals surface area contributed by atoms with Crippen molar-refractivity contribution >= 4 is 45.1 Å². The van der Waals surface area contributed by atoms with E-state index in [4.69, 9.17) is 9.72 Å². The van der Waals surface area contributed by atoms with Crippen LogP contribution in [0.3, 0.4) is 0 Å². The van der Waals surface area contributed by atoms with Gasteiger partial charge in [0.15, 0.2) is 5.65 Å². The lowest BCUT2D eigenvalue weighted by molar-refractivity contribution is 0.0242. The topological polar surface area (TPSA) is 77.5 Å². The Morgan fingerprint density at radius 3 is 2.78 bits per heavy atom. The predicted octanol–water partition coefficient (Wildman–Crippen LogP) is 2.67. The Kier molecular flexibility index (Phi) is 4.28. The van der Waals surface area contributed by atoms with Crippen LogP contribution in [0.25, 0.3) is 11.0 Å². The van der Waals surface area contributed by atoms with Gasteiger partial charge < -0.3 is 19.6 Å². The molecule has 0 radical (unpaired) electrons. The number of aromatic nitrogens is 3. The van der Waals surface area contributed by atoms with Crippen LogP contribution in [-0.4, -0.2) is 63.8 Å². The summed E-state index contributed by atoms with van der Waals surface area (Å²) in [5.74, 6) is 1.01. The second kappa shape index (κ2) is 6.45. The molecule has 2 N–H and O–H groups in total. The number of fused-ring (bicyclic) bond motifs is 3. The molecular formula is C19H26IN5O2. The lowest BCUT2D eigenvalue weighted by atomic mass is 9.88. The van der Waals surface area contributed by atoms with E-state index in [9.17, 15) is 5.11 Å². The summed E-state index contributed by atoms with van der Waals surface area (Å²) in [6.07, 6.45) is 3.87. The normalized spacial score (nSPS) is 33.9. The highest BCUT2D eigenvalue weighted by Gasteiger charge is 2.39. The van der Waals surface area contributed by atoms with Crippen LogP contribution in [0.2, 0.25) is 0 Å². The minimum Gasteiger partial charge on any atom is -0.390 e. The zero-order chi connectivity index (χ0) is 18.8. The third-order valence-electron chi connectivity index (χ3n) is 6.42. The van der Waals surface area contributed by atoms with Crippen molar-refractivity contribution in [2.75, 3.05) is 29.6 Å². The summed E-state index contributed by atoms with van der Waals surface area (Å²) in [6, 6.07) is 3.34. The summed E-state index contributed by atoms with van der Waals surface area (Å²) in [5, 5.41) is 19.2. The number of nitrogens with one attached hydrogen (secondary N) is 1. The van der Waals surface area contributed by atoms with Crippen LogP contribution in [0.15, 0.2) is 6.07 Å². The molecule has 3 aliphatic heterocycles. The maximum absolute atomic E-state index is 10.5. The number of anilines is 2. The highest BCUT2D eigenvalue weighted by atomic mass is 127. The molecule has 3 saturated heterocycles. The average molecular weight is 483 g/mol. The van der Waals surface area contributed by atoms with Crippen molar-refractivity contribution in [1.29, 1.82) is 0 Å². The first kappa shape index (κ1) is 17.9. The fourth-order valence-corrected chi connectivity index (χ4v) is 5.74. The SMILES string of the molecule is C[C@@H]1CC(C)(O)CCN1c1cc(N2C3CCC2COC3)nc2n[nH]c(I)c12. The lowest BCUT2D eigenvalue weighted by Crippen LogP contribution is -2.48. The van der Waals surface area contributed by atoms with Gasteiger partial charge in [-0.3, -0.25) is 5.10 Å². The number of hydrogen-bond donors (Lipinski definition) is 2. The monoisotopic (exact) mass is 483 g/mol. The molecule has 0 spiro atoms. The lowest BCUT2D eigenvalue weighted by Gasteiger charge is -2.43. The van der Waals surface area contributed by atoms with Gasteiger partial charge >= 0.3 is 0 Å². The molecule has 0 saturated carbocycles. The first-order valence-electron chi connectivity index (χ1n) is 9.83. The summed E-state index contributed by atoms with van der Waals surface area (Å²) in [6.45, 7) is 6.55. The van der Waals surface area contributed by atoms with Gasteiger partial charge in [0.05, 0.1) is 42.0 Å². The Labute approximate surface area is 172 Å². The molecule has 0 amide bonds. The van der Waals surface area contributed by atoms with Crippen molar-refractivity contribution in [2.45, 2.75) is 63.3 Å². The van der Waals surface area contributed by atoms with Gasteiger partial charge in [0, 0.05) is 18.7 Å². The molecule has 0 aromatic carbocycles. The number of aliphatic hydroxyl groups is 1. The number of morpholine rings is 1. The van der Waals surface area contributed by atoms with Gasteiger partial charge in [-0.25, -0.2) is 4.98 Å². The molecule has 3 unspecified atom stereocenters. The van der Waals surface area contributed by atoms with Crippen molar-refractivity contribution < 1.29 is 9.84 Å². The van der Waals surface area contributed by atoms with Crippen LogP contribution in [-0.2, 0) is 4.74 Å². The molecule has 7 nitrogen and oxygen atoms in total. The van der Waals surface area contributed by atoms with Crippen LogP contribution >= 0.6 is 22.6 Å². The highest BCUT2D eigenvalue weighted by Crippen LogP contribution is 2.40. The minimum atomic E-state index is -0.586. The van der Waals surface area contributed by atoms with E-state index in [0.717, 1.165) is 53.2 Å². The van der Waals surface area contributed by atoms with Gasteiger partial charge in [-0.05, 0) is 62.1 Å². The Bertz CT molecular complexity index is 853. The molecule has 146 valence electrons. The second-order valence-corrected chi connectivity index (χ2v) is 9.64. The second-order valence-electron chi connectivity index (χ2n) is 8.56. The molecule has 3 aliphatic rings. The molecule has 4 atom stereocenters. The third-order valence-corrected chi connectivity index (χ3v) is 7.20. The largest absolute Gasteiger partial charge is 0.390 e. The van der Waals surface area contributed by atoms with E-state index in [1.165, 1.54) is 18.5 Å². The van der Waals surface area contributed by atoms with Gasteiger partial charge in [0.25, 0.3) is 0 Å². The van der Waals surface area contributed by atoms with Crippen LogP contribution in [0, 0.1) is 3.70 Å². The molecule has 2 aromatic rings. The number of nitrogens with zero attached hydrogens (tertiary/aromatic N) is 4. The van der Waals surface area contributed by atoms with Crippen LogP contribution in [0.5, 0.6) is 0 Å². The quantitative estimate of drug-likeness (QED) is 0.640. The Hall–Kier alpha value is -1.13. The van der Waals surface area contributed by atoms with Gasteiger partial charge in [0.2, 0.25) is 0 Å². The Balaban J connectivity index is 1.60. The maximum Gasteiger partial charge on any atom is 0.186 e. The number of aromatic amines is 1. The van der Waals surface area contributed by atoms with Gasteiger partial charge in [-0.1, -0.05) is 0 Å². The number of pyridine rings is 1. The number of piperidine rings is 1. The Morgan fingerprint density at radius 2 is 2.07 bits per heavy atom. The molecular weight excluding hydrogens is 457 g/mol. The highest BCUT2D eigenvalue weighted by molar-refractivity contribution is 14.1. The molecule has 27 heavy (non-hydrogen) atoms. The predicted molar refractivity (Wildman–Crippen MR) is 113 cm³/mol. The van der Waals surface area contributed by atoms with Gasteiger partial charge in [-0.15, -0.1) is 0 Å². The standard InChI is InChI=1S/C19H26IN5O2/c1-11-8-19(2,26)5-6-24(11)14-7-15(21-18-16(14)17(20)22-23-18)25-12-3-4-13(25)10-27-9-12/h7,11-13,26H,3-6,8-10H2,1-2H3,(H,21,22,23)/t11-,12?,13?,19?/m1/s1. The van der Waals surface area contributed by atoms with Gasteiger partial charge in [-0.2, -0.15) is 5.10 Å². The van der Waals surface area contributed by atoms with E-state index >= 15 is 0 Å². The van der Waals surface area contributed by atoms with Crippen LogP contribution in [0.1, 0.15) is 39.5 Å². The van der Waals surface area contributed by atoms with Crippen molar-refractivity contribution in [3.05, 3.63) is 9.77 Å². The smallest absolute Gasteiger partial charge is 0.186 e. The zero-order valence-corrected chi connectivity index (χ0v) is 17.9. The number of halogens is 1. The molecule has 5 rings (SSSR count). The van der Waals surface area contributed by atoms with Crippen molar-refractivity contribution in [2.24, 2.45) is 0 Å². The first-order valence-corrected chi connectivity index (χ1v) is 10.9. The summed E-state index contributed by atoms with van der Waals surface area (Å²) >= 11 is 2.31. The van der Waals surface area contributed by atoms with E-state index in [2.05, 4.69) is 55.6 Å². The summed E-state index contributed by atoms with van der Waals surface area (Å²) in [7, 11) is 0. The van der Waals surface area contributed by atoms with E-state index < -0.39 is 5.60 Å². The minimum absolute atomic E-state index is 0.263. The summed E-state index contributed by atoms with van der Waals surface area (Å²) in [5.41, 5.74) is 1.38. The first-order chi connectivity index (χ1) is 12.9. The van der Waals surface area contributed by atoms with E-state index in [1.54, 1.807) is 0 Å². The van der Waals surface area contributed by atoms with E-state index in [1.807, 2.05) is 6.92 Å². The molecule has 2 bridgehead atoms. The zero-order valence-electron chi connectivity index (χ0n) is 15.8. The van der Waals surface area contributed by atoms with E-state index in [-0.39, 0.29) is 6.04 Å². The van der Waals surface area contributed by atoms with Crippen LogP contribution in [0.4, 0.5) is 11.5 Å². The van der Waals surface area contributed by atoms with Crippen molar-refractivity contribution in [3.63, 3.8) is 0 Å². The average Bonchev–Trinajstić information content (AvgIpc) is 3.10. The number of rotatable bonds is 2.